The second-order valence-corrected chi connectivity index (χ2v) is 5.30. The van der Waals surface area contributed by atoms with Crippen molar-refractivity contribution in [3.8, 4) is 0 Å². The van der Waals surface area contributed by atoms with Gasteiger partial charge in [-0.25, -0.2) is 0 Å². The minimum Gasteiger partial charge on any atom is -0.468 e. The maximum absolute atomic E-state index is 12.2. The van der Waals surface area contributed by atoms with Gasteiger partial charge in [0.05, 0.1) is 14.2 Å². The SMILES string of the molecule is C=C/C=C/[C@@H]1C[C@@H]1[C@H]1C=CCC1(C(=O)OC)C(=O)OC. The van der Waals surface area contributed by atoms with Crippen molar-refractivity contribution in [3.05, 3.63) is 37.0 Å². The van der Waals surface area contributed by atoms with E-state index in [-0.39, 0.29) is 11.8 Å². The van der Waals surface area contributed by atoms with E-state index in [0.717, 1.165) is 6.42 Å². The standard InChI is InChI=1S/C16H20O4/c1-4-5-7-11-10-12(11)13-8-6-9-16(13,14(17)19-2)15(18)20-3/h4-8,11-13H,1,9-10H2,2-3H3/b7-5+/t11-,12+,13-/m1/s1. The number of methoxy groups -OCH3 is 2. The third kappa shape index (κ3) is 2.19. The topological polar surface area (TPSA) is 52.6 Å². The second-order valence-electron chi connectivity index (χ2n) is 5.30. The molecule has 108 valence electrons. The third-order valence-corrected chi connectivity index (χ3v) is 4.30. The first-order valence-corrected chi connectivity index (χ1v) is 6.74. The van der Waals surface area contributed by atoms with Crippen molar-refractivity contribution in [2.24, 2.45) is 23.2 Å². The Bertz CT molecular complexity index is 459. The summed E-state index contributed by atoms with van der Waals surface area (Å²) < 4.78 is 9.74. The van der Waals surface area contributed by atoms with E-state index < -0.39 is 17.4 Å². The lowest BCUT2D eigenvalue weighted by atomic mass is 9.74. The molecule has 0 heterocycles. The Morgan fingerprint density at radius 3 is 2.50 bits per heavy atom. The molecule has 0 aromatic heterocycles. The van der Waals surface area contributed by atoms with Crippen LogP contribution < -0.4 is 0 Å². The van der Waals surface area contributed by atoms with Crippen molar-refractivity contribution in [2.75, 3.05) is 14.2 Å². The number of allylic oxidation sites excluding steroid dienone is 5. The molecule has 0 unspecified atom stereocenters. The molecule has 2 rings (SSSR count). The Morgan fingerprint density at radius 1 is 1.30 bits per heavy atom. The Balaban J connectivity index is 2.24. The van der Waals surface area contributed by atoms with Gasteiger partial charge in [-0.1, -0.05) is 37.0 Å². The van der Waals surface area contributed by atoms with Crippen LogP contribution in [-0.2, 0) is 19.1 Å². The number of hydrogen-bond acceptors (Lipinski definition) is 4. The van der Waals surface area contributed by atoms with E-state index in [0.29, 0.717) is 12.3 Å². The normalized spacial score (nSPS) is 30.2. The third-order valence-electron chi connectivity index (χ3n) is 4.30. The molecule has 20 heavy (non-hydrogen) atoms. The smallest absolute Gasteiger partial charge is 0.324 e. The molecule has 0 aromatic rings. The van der Waals surface area contributed by atoms with Gasteiger partial charge in [-0.05, 0) is 24.7 Å². The zero-order valence-electron chi connectivity index (χ0n) is 11.9. The minimum absolute atomic E-state index is 0.151. The highest BCUT2D eigenvalue weighted by molar-refractivity contribution is 6.01. The first kappa shape index (κ1) is 14.6. The lowest BCUT2D eigenvalue weighted by Gasteiger charge is -2.30. The fourth-order valence-corrected chi connectivity index (χ4v) is 3.19. The lowest BCUT2D eigenvalue weighted by Crippen LogP contribution is -2.45. The van der Waals surface area contributed by atoms with E-state index in [1.807, 2.05) is 18.2 Å². The van der Waals surface area contributed by atoms with Gasteiger partial charge >= 0.3 is 11.9 Å². The summed E-state index contributed by atoms with van der Waals surface area (Å²) in [5, 5.41) is 0. The molecule has 0 aliphatic heterocycles. The van der Waals surface area contributed by atoms with E-state index in [9.17, 15) is 9.59 Å². The summed E-state index contributed by atoms with van der Waals surface area (Å²) in [6, 6.07) is 0. The van der Waals surface area contributed by atoms with Crippen LogP contribution in [0.5, 0.6) is 0 Å². The molecule has 0 bridgehead atoms. The summed E-state index contributed by atoms with van der Waals surface area (Å²) in [6.07, 6.45) is 10.9. The summed E-state index contributed by atoms with van der Waals surface area (Å²) in [6.45, 7) is 3.65. The average Bonchev–Trinajstić information content (AvgIpc) is 3.11. The molecule has 4 nitrogen and oxygen atoms in total. The zero-order valence-corrected chi connectivity index (χ0v) is 11.9. The molecule has 1 saturated carbocycles. The number of carbonyl (C=O) groups excluding carboxylic acids is 2. The molecule has 0 radical (unpaired) electrons. The highest BCUT2D eigenvalue weighted by atomic mass is 16.5. The monoisotopic (exact) mass is 276 g/mol. The van der Waals surface area contributed by atoms with Gasteiger partial charge in [-0.15, -0.1) is 0 Å². The highest BCUT2D eigenvalue weighted by Crippen LogP contribution is 2.56. The van der Waals surface area contributed by atoms with Crippen molar-refractivity contribution in [1.29, 1.82) is 0 Å². The number of carbonyl (C=O) groups is 2. The average molecular weight is 276 g/mol. The maximum Gasteiger partial charge on any atom is 0.324 e. The first-order chi connectivity index (χ1) is 9.61. The largest absolute Gasteiger partial charge is 0.468 e. The first-order valence-electron chi connectivity index (χ1n) is 6.74. The van der Waals surface area contributed by atoms with Crippen molar-refractivity contribution < 1.29 is 19.1 Å². The van der Waals surface area contributed by atoms with E-state index >= 15 is 0 Å². The van der Waals surface area contributed by atoms with E-state index in [1.54, 1.807) is 6.08 Å². The van der Waals surface area contributed by atoms with Crippen LogP contribution in [0.25, 0.3) is 0 Å². The quantitative estimate of drug-likeness (QED) is 0.334. The molecule has 2 aliphatic rings. The molecular weight excluding hydrogens is 256 g/mol. The van der Waals surface area contributed by atoms with Crippen LogP contribution in [0.2, 0.25) is 0 Å². The number of hydrogen-bond donors (Lipinski definition) is 0. The van der Waals surface area contributed by atoms with Gasteiger partial charge in [-0.3, -0.25) is 9.59 Å². The van der Waals surface area contributed by atoms with Gasteiger partial charge < -0.3 is 9.47 Å². The predicted molar refractivity (Wildman–Crippen MR) is 74.6 cm³/mol. The number of rotatable bonds is 5. The molecule has 0 spiro atoms. The zero-order chi connectivity index (χ0) is 14.8. The van der Waals surface area contributed by atoms with Gasteiger partial charge in [-0.2, -0.15) is 0 Å². The van der Waals surface area contributed by atoms with E-state index in [1.165, 1.54) is 14.2 Å². The van der Waals surface area contributed by atoms with Gasteiger partial charge in [0.2, 0.25) is 0 Å². The summed E-state index contributed by atoms with van der Waals surface area (Å²) in [7, 11) is 2.62. The van der Waals surface area contributed by atoms with Gasteiger partial charge in [0.25, 0.3) is 0 Å². The Kier molecular flexibility index (Phi) is 4.12. The van der Waals surface area contributed by atoms with Gasteiger partial charge in [0, 0.05) is 5.92 Å². The predicted octanol–water partition coefficient (Wildman–Crippen LogP) is 2.27. The van der Waals surface area contributed by atoms with Gasteiger partial charge in [0.1, 0.15) is 0 Å². The number of esters is 2. The van der Waals surface area contributed by atoms with Crippen molar-refractivity contribution in [1.82, 2.24) is 0 Å². The Labute approximate surface area is 119 Å². The lowest BCUT2D eigenvalue weighted by molar-refractivity contribution is -0.172. The summed E-state index contributed by atoms with van der Waals surface area (Å²) in [5.41, 5.74) is -1.20. The van der Waals surface area contributed by atoms with Crippen LogP contribution in [-0.4, -0.2) is 26.2 Å². The second kappa shape index (κ2) is 5.65. The number of ether oxygens (including phenoxy) is 2. The fraction of sp³-hybridized carbons (Fsp3) is 0.500. The molecule has 0 amide bonds. The minimum atomic E-state index is -1.20. The molecule has 0 aromatic carbocycles. The van der Waals surface area contributed by atoms with Crippen molar-refractivity contribution in [2.45, 2.75) is 12.8 Å². The summed E-state index contributed by atoms with van der Waals surface area (Å²) in [5.74, 6) is -0.491. The fourth-order valence-electron chi connectivity index (χ4n) is 3.19. The maximum atomic E-state index is 12.2. The van der Waals surface area contributed by atoms with Crippen LogP contribution in [0.3, 0.4) is 0 Å². The molecular formula is C16H20O4. The summed E-state index contributed by atoms with van der Waals surface area (Å²) >= 11 is 0. The van der Waals surface area contributed by atoms with Crippen molar-refractivity contribution in [3.63, 3.8) is 0 Å². The van der Waals surface area contributed by atoms with E-state index in [2.05, 4.69) is 12.7 Å². The molecule has 2 aliphatic carbocycles. The van der Waals surface area contributed by atoms with Crippen LogP contribution in [0.15, 0.2) is 37.0 Å². The Hall–Kier alpha value is -1.84. The molecule has 1 fully saturated rings. The molecule has 3 atom stereocenters. The van der Waals surface area contributed by atoms with Crippen LogP contribution in [0, 0.1) is 23.2 Å². The Morgan fingerprint density at radius 2 is 1.95 bits per heavy atom. The summed E-state index contributed by atoms with van der Waals surface area (Å²) in [4.78, 5) is 24.4. The van der Waals surface area contributed by atoms with Crippen LogP contribution >= 0.6 is 0 Å². The molecule has 0 saturated heterocycles. The van der Waals surface area contributed by atoms with Crippen LogP contribution in [0.4, 0.5) is 0 Å². The van der Waals surface area contributed by atoms with Crippen LogP contribution in [0.1, 0.15) is 12.8 Å². The van der Waals surface area contributed by atoms with E-state index in [4.69, 9.17) is 9.47 Å². The molecule has 0 N–H and O–H groups in total. The van der Waals surface area contributed by atoms with Crippen molar-refractivity contribution >= 4 is 11.9 Å². The highest BCUT2D eigenvalue weighted by Gasteiger charge is 2.61. The molecule has 4 heteroatoms. The van der Waals surface area contributed by atoms with Gasteiger partial charge in [0.15, 0.2) is 5.41 Å².